The van der Waals surface area contributed by atoms with Crippen molar-refractivity contribution in [3.63, 3.8) is 0 Å². The fourth-order valence-corrected chi connectivity index (χ4v) is 3.73. The number of carbonyl (C=O) groups is 3. The van der Waals surface area contributed by atoms with Crippen molar-refractivity contribution in [2.45, 2.75) is 91.4 Å². The maximum atomic E-state index is 13.5. The van der Waals surface area contributed by atoms with Crippen LogP contribution in [-0.2, 0) is 9.47 Å². The number of hydrogen-bond donors (Lipinski definition) is 4. The van der Waals surface area contributed by atoms with Gasteiger partial charge in [0.2, 0.25) is 11.8 Å². The van der Waals surface area contributed by atoms with Crippen LogP contribution in [0.1, 0.15) is 83.1 Å². The number of hydrogen-bond acceptors (Lipinski definition) is 7. The fourth-order valence-electron chi connectivity index (χ4n) is 3.73. The first-order valence-electron chi connectivity index (χ1n) is 10.8. The Hall–Kier alpha value is -2.91. The minimum absolute atomic E-state index is 0.0672. The molecule has 10 heteroatoms. The minimum Gasteiger partial charge on any atom is -0.493 e. The van der Waals surface area contributed by atoms with Gasteiger partial charge < -0.3 is 25.0 Å². The molecule has 0 radical (unpaired) electrons. The van der Waals surface area contributed by atoms with E-state index >= 15 is 0 Å². The van der Waals surface area contributed by atoms with Crippen LogP contribution in [0.2, 0.25) is 0 Å². The molecule has 1 saturated carbocycles. The SMILES string of the molecule is Cc1c(C(=O)[C@@H](NC(=O)OC(C)(C)C)C2CCCC2)c(O)n(NC(=O)OC(C)(C)C)c1O. The van der Waals surface area contributed by atoms with Crippen molar-refractivity contribution in [3.05, 3.63) is 11.1 Å². The molecule has 0 bridgehead atoms. The van der Waals surface area contributed by atoms with Gasteiger partial charge in [-0.15, -0.1) is 0 Å². The van der Waals surface area contributed by atoms with Gasteiger partial charge in [-0.25, -0.2) is 15.0 Å². The molecule has 180 valence electrons. The van der Waals surface area contributed by atoms with E-state index in [1.54, 1.807) is 41.5 Å². The Bertz CT molecular complexity index is 872. The first-order chi connectivity index (χ1) is 14.6. The molecule has 1 aliphatic carbocycles. The van der Waals surface area contributed by atoms with Crippen LogP contribution in [0.5, 0.6) is 11.8 Å². The molecule has 4 N–H and O–H groups in total. The molecule has 2 rings (SSSR count). The summed E-state index contributed by atoms with van der Waals surface area (Å²) in [6.45, 7) is 11.6. The summed E-state index contributed by atoms with van der Waals surface area (Å²) in [6, 6.07) is -0.950. The number of nitrogens with zero attached hydrogens (tertiary/aromatic N) is 1. The lowest BCUT2D eigenvalue weighted by Gasteiger charge is -2.26. The molecule has 1 atom stereocenters. The summed E-state index contributed by atoms with van der Waals surface area (Å²) in [5, 5.41) is 23.8. The van der Waals surface area contributed by atoms with Gasteiger partial charge in [0.15, 0.2) is 5.78 Å². The van der Waals surface area contributed by atoms with Crippen LogP contribution in [0.25, 0.3) is 0 Å². The molecule has 1 aliphatic rings. The van der Waals surface area contributed by atoms with Gasteiger partial charge in [0, 0.05) is 5.56 Å². The second-order valence-corrected chi connectivity index (χ2v) is 10.1. The topological polar surface area (TPSA) is 139 Å². The zero-order chi connectivity index (χ0) is 24.4. The largest absolute Gasteiger partial charge is 0.493 e. The van der Waals surface area contributed by atoms with Gasteiger partial charge in [-0.05, 0) is 67.2 Å². The van der Waals surface area contributed by atoms with Gasteiger partial charge in [-0.1, -0.05) is 12.8 Å². The molecular weight excluding hydrogens is 418 g/mol. The van der Waals surface area contributed by atoms with Gasteiger partial charge in [0.05, 0.1) is 11.6 Å². The van der Waals surface area contributed by atoms with Crippen LogP contribution in [0.4, 0.5) is 9.59 Å². The Labute approximate surface area is 188 Å². The highest BCUT2D eigenvalue weighted by Gasteiger charge is 2.38. The van der Waals surface area contributed by atoms with E-state index in [1.807, 2.05) is 0 Å². The van der Waals surface area contributed by atoms with Crippen LogP contribution in [0, 0.1) is 12.8 Å². The number of aromatic hydroxyl groups is 2. The van der Waals surface area contributed by atoms with Crippen molar-refractivity contribution >= 4 is 18.0 Å². The molecule has 0 saturated heterocycles. The van der Waals surface area contributed by atoms with Crippen molar-refractivity contribution in [1.29, 1.82) is 0 Å². The molecular formula is C22H35N3O7. The lowest BCUT2D eigenvalue weighted by Crippen LogP contribution is -2.47. The molecule has 2 amide bonds. The molecule has 1 aromatic heterocycles. The fraction of sp³-hybridized carbons (Fsp3) is 0.682. The van der Waals surface area contributed by atoms with E-state index in [2.05, 4.69) is 10.7 Å². The Balaban J connectivity index is 2.35. The lowest BCUT2D eigenvalue weighted by atomic mass is 9.90. The van der Waals surface area contributed by atoms with Crippen LogP contribution < -0.4 is 10.7 Å². The van der Waals surface area contributed by atoms with E-state index in [4.69, 9.17) is 9.47 Å². The Morgan fingerprint density at radius 1 is 0.938 bits per heavy atom. The molecule has 1 aromatic rings. The van der Waals surface area contributed by atoms with Crippen molar-refractivity contribution in [1.82, 2.24) is 9.99 Å². The number of aromatic nitrogens is 1. The molecule has 1 heterocycles. The van der Waals surface area contributed by atoms with Gasteiger partial charge in [0.1, 0.15) is 11.2 Å². The molecule has 0 unspecified atom stereocenters. The number of alkyl carbamates (subject to hydrolysis) is 1. The zero-order valence-electron chi connectivity index (χ0n) is 19.9. The van der Waals surface area contributed by atoms with Gasteiger partial charge >= 0.3 is 12.2 Å². The second-order valence-electron chi connectivity index (χ2n) is 10.1. The van der Waals surface area contributed by atoms with E-state index in [1.165, 1.54) is 6.92 Å². The molecule has 0 aliphatic heterocycles. The summed E-state index contributed by atoms with van der Waals surface area (Å²) in [6.07, 6.45) is 1.64. The average molecular weight is 454 g/mol. The molecule has 32 heavy (non-hydrogen) atoms. The Morgan fingerprint density at radius 2 is 1.44 bits per heavy atom. The van der Waals surface area contributed by atoms with Crippen LogP contribution >= 0.6 is 0 Å². The number of ketones is 1. The predicted molar refractivity (Wildman–Crippen MR) is 118 cm³/mol. The monoisotopic (exact) mass is 453 g/mol. The third-order valence-electron chi connectivity index (χ3n) is 5.03. The van der Waals surface area contributed by atoms with Crippen molar-refractivity contribution in [3.8, 4) is 11.8 Å². The number of ether oxygens (including phenoxy) is 2. The minimum atomic E-state index is -0.950. The van der Waals surface area contributed by atoms with Gasteiger partial charge in [-0.2, -0.15) is 4.68 Å². The standard InChI is InChI=1S/C22H35N3O7/c1-12-14(18(28)25(17(12)27)24-20(30)32-22(5,6)7)16(26)15(13-10-8-9-11-13)23-19(29)31-21(2,3)4/h13,15,27-28H,8-11H2,1-7H3,(H,23,29)(H,24,30)/t15-/m0/s1. The smallest absolute Gasteiger partial charge is 0.427 e. The van der Waals surface area contributed by atoms with E-state index in [0.717, 1.165) is 25.7 Å². The van der Waals surface area contributed by atoms with Gasteiger partial charge in [0.25, 0.3) is 0 Å². The predicted octanol–water partition coefficient (Wildman–Crippen LogP) is 3.95. The highest BCUT2D eigenvalue weighted by Crippen LogP contribution is 2.36. The third-order valence-corrected chi connectivity index (χ3v) is 5.03. The summed E-state index contributed by atoms with van der Waals surface area (Å²) >= 11 is 0. The quantitative estimate of drug-likeness (QED) is 0.495. The number of Topliss-reactive ketones (excluding diaryl/α,β-unsaturated/α-hetero) is 1. The van der Waals surface area contributed by atoms with Crippen LogP contribution in [0.15, 0.2) is 0 Å². The van der Waals surface area contributed by atoms with Gasteiger partial charge in [-0.3, -0.25) is 4.79 Å². The summed E-state index contributed by atoms with van der Waals surface area (Å²) in [7, 11) is 0. The number of carbonyl (C=O) groups excluding carboxylic acids is 3. The number of rotatable bonds is 5. The average Bonchev–Trinajstić information content (AvgIpc) is 3.20. The van der Waals surface area contributed by atoms with E-state index < -0.39 is 47.0 Å². The Kier molecular flexibility index (Phi) is 7.36. The normalized spacial score (nSPS) is 15.8. The lowest BCUT2D eigenvalue weighted by molar-refractivity contribution is 0.0470. The first kappa shape index (κ1) is 25.4. The summed E-state index contributed by atoms with van der Waals surface area (Å²) < 4.78 is 11.1. The number of nitrogens with one attached hydrogen (secondary N) is 2. The molecule has 0 aromatic carbocycles. The summed E-state index contributed by atoms with van der Waals surface area (Å²) in [4.78, 5) is 38.0. The number of amides is 2. The van der Waals surface area contributed by atoms with E-state index in [9.17, 15) is 24.6 Å². The Morgan fingerprint density at radius 3 is 1.94 bits per heavy atom. The van der Waals surface area contributed by atoms with E-state index in [-0.39, 0.29) is 17.0 Å². The molecule has 1 fully saturated rings. The van der Waals surface area contributed by atoms with Crippen molar-refractivity contribution < 1.29 is 34.1 Å². The zero-order valence-corrected chi connectivity index (χ0v) is 19.9. The van der Waals surface area contributed by atoms with E-state index in [0.29, 0.717) is 4.68 Å². The second kappa shape index (κ2) is 9.30. The van der Waals surface area contributed by atoms with Crippen molar-refractivity contribution in [2.24, 2.45) is 5.92 Å². The van der Waals surface area contributed by atoms with Crippen LogP contribution in [-0.4, -0.2) is 50.1 Å². The molecule has 0 spiro atoms. The summed E-state index contributed by atoms with van der Waals surface area (Å²) in [5.41, 5.74) is 0.551. The third kappa shape index (κ3) is 6.30. The highest BCUT2D eigenvalue weighted by atomic mass is 16.6. The highest BCUT2D eigenvalue weighted by molar-refractivity contribution is 6.05. The maximum Gasteiger partial charge on any atom is 0.427 e. The van der Waals surface area contributed by atoms with Crippen LogP contribution in [0.3, 0.4) is 0 Å². The van der Waals surface area contributed by atoms with Crippen molar-refractivity contribution in [2.75, 3.05) is 5.43 Å². The first-order valence-corrected chi connectivity index (χ1v) is 10.8. The maximum absolute atomic E-state index is 13.5. The summed E-state index contributed by atoms with van der Waals surface area (Å²) in [5.74, 6) is -1.88. The molecule has 10 nitrogen and oxygen atoms in total.